The lowest BCUT2D eigenvalue weighted by molar-refractivity contribution is 1.18. The molecule has 0 aliphatic carbocycles. The summed E-state index contributed by atoms with van der Waals surface area (Å²) in [5.41, 5.74) is 15.1. The summed E-state index contributed by atoms with van der Waals surface area (Å²) in [5, 5.41) is 3.52. The van der Waals surface area contributed by atoms with Gasteiger partial charge >= 0.3 is 0 Å². The zero-order chi connectivity index (χ0) is 35.0. The molecular formula is C49H35N3. The number of pyridine rings is 1. The predicted octanol–water partition coefficient (Wildman–Crippen LogP) is 12.8. The summed E-state index contributed by atoms with van der Waals surface area (Å²) in [6.45, 7) is 4.20. The minimum absolute atomic E-state index is 0.720. The van der Waals surface area contributed by atoms with E-state index in [1.165, 1.54) is 27.6 Å². The van der Waals surface area contributed by atoms with Gasteiger partial charge in [-0.05, 0) is 54.3 Å². The fourth-order valence-corrected chi connectivity index (χ4v) is 7.06. The van der Waals surface area contributed by atoms with Crippen LogP contribution in [-0.4, -0.2) is 15.0 Å². The van der Waals surface area contributed by atoms with Gasteiger partial charge in [0.2, 0.25) is 0 Å². The fourth-order valence-electron chi connectivity index (χ4n) is 7.06. The van der Waals surface area contributed by atoms with Gasteiger partial charge in [0.1, 0.15) is 0 Å². The third-order valence-corrected chi connectivity index (χ3v) is 9.84. The Morgan fingerprint density at radius 3 is 1.60 bits per heavy atom. The molecule has 246 valence electrons. The summed E-state index contributed by atoms with van der Waals surface area (Å²) >= 11 is 0. The first-order chi connectivity index (χ1) is 25.6. The monoisotopic (exact) mass is 665 g/mol. The topological polar surface area (TPSA) is 38.7 Å². The summed E-state index contributed by atoms with van der Waals surface area (Å²) < 4.78 is 0. The lowest BCUT2D eigenvalue weighted by Gasteiger charge is -2.15. The molecule has 0 saturated heterocycles. The molecule has 0 bridgehead atoms. The van der Waals surface area contributed by atoms with Crippen molar-refractivity contribution in [2.24, 2.45) is 0 Å². The minimum Gasteiger partial charge on any atom is -0.247 e. The number of para-hydroxylation sites is 1. The molecule has 0 aliphatic rings. The number of aryl methyl sites for hydroxylation is 2. The van der Waals surface area contributed by atoms with Crippen molar-refractivity contribution in [3.8, 4) is 67.4 Å². The summed E-state index contributed by atoms with van der Waals surface area (Å²) in [5.74, 6) is 0.720. The molecule has 2 heterocycles. The van der Waals surface area contributed by atoms with Gasteiger partial charge in [-0.15, -0.1) is 0 Å². The number of nitrogens with zero attached hydrogens (tertiary/aromatic N) is 3. The Kier molecular flexibility index (Phi) is 7.94. The van der Waals surface area contributed by atoms with Gasteiger partial charge in [-0.25, -0.2) is 15.0 Å². The highest BCUT2D eigenvalue weighted by Gasteiger charge is 2.15. The highest BCUT2D eigenvalue weighted by molar-refractivity contribution is 6.17. The van der Waals surface area contributed by atoms with Gasteiger partial charge in [0.05, 0.1) is 22.6 Å². The molecule has 0 aliphatic heterocycles. The van der Waals surface area contributed by atoms with Gasteiger partial charge in [0.25, 0.3) is 0 Å². The zero-order valence-electron chi connectivity index (χ0n) is 29.1. The van der Waals surface area contributed by atoms with Gasteiger partial charge in [0, 0.05) is 38.4 Å². The number of aromatic nitrogens is 3. The molecule has 3 nitrogen and oxygen atoms in total. The van der Waals surface area contributed by atoms with Gasteiger partial charge < -0.3 is 0 Å². The van der Waals surface area contributed by atoms with E-state index in [2.05, 4.69) is 190 Å². The summed E-state index contributed by atoms with van der Waals surface area (Å²) in [6, 6.07) is 62.2. The molecule has 0 spiro atoms. The Bertz CT molecular complexity index is 2650. The van der Waals surface area contributed by atoms with Gasteiger partial charge in [-0.3, -0.25) is 0 Å². The minimum atomic E-state index is 0.720. The maximum atomic E-state index is 5.15. The van der Waals surface area contributed by atoms with Crippen LogP contribution in [0.25, 0.3) is 89.1 Å². The zero-order valence-corrected chi connectivity index (χ0v) is 29.1. The maximum absolute atomic E-state index is 5.15. The molecule has 9 aromatic rings. The van der Waals surface area contributed by atoms with Crippen LogP contribution >= 0.6 is 0 Å². The highest BCUT2D eigenvalue weighted by atomic mass is 14.9. The third-order valence-electron chi connectivity index (χ3n) is 9.84. The first kappa shape index (κ1) is 31.3. The Hall–Kier alpha value is -6.71. The van der Waals surface area contributed by atoms with E-state index in [4.69, 9.17) is 15.0 Å². The van der Waals surface area contributed by atoms with Crippen LogP contribution in [0.3, 0.4) is 0 Å². The van der Waals surface area contributed by atoms with E-state index in [1.807, 2.05) is 0 Å². The van der Waals surface area contributed by atoms with E-state index >= 15 is 0 Å². The first-order valence-electron chi connectivity index (χ1n) is 17.7. The Labute approximate surface area is 304 Å². The van der Waals surface area contributed by atoms with Crippen LogP contribution in [0.5, 0.6) is 0 Å². The van der Waals surface area contributed by atoms with E-state index < -0.39 is 0 Å². The molecule has 0 fully saturated rings. The second-order valence-corrected chi connectivity index (χ2v) is 13.4. The number of benzene rings is 7. The van der Waals surface area contributed by atoms with Gasteiger partial charge in [-0.2, -0.15) is 0 Å². The van der Waals surface area contributed by atoms with E-state index in [0.29, 0.717) is 0 Å². The van der Waals surface area contributed by atoms with Crippen molar-refractivity contribution in [3.05, 3.63) is 187 Å². The van der Waals surface area contributed by atoms with Gasteiger partial charge in [-0.1, -0.05) is 169 Å². The van der Waals surface area contributed by atoms with Crippen molar-refractivity contribution in [2.75, 3.05) is 0 Å². The molecule has 0 atom stereocenters. The Balaban J connectivity index is 1.12. The summed E-state index contributed by atoms with van der Waals surface area (Å²) in [6.07, 6.45) is 0. The Morgan fingerprint density at radius 2 is 0.885 bits per heavy atom. The van der Waals surface area contributed by atoms with E-state index in [9.17, 15) is 0 Å². The SMILES string of the molecule is Cc1ccc(-c2cc(-c3ccc(-c4cccc(-c5cccc6c(-c7ccccc7)nc7ccccc7c56)c4)cc3)nc(-c3ccc(C)cc3)n2)cc1. The smallest absolute Gasteiger partial charge is 0.160 e. The average Bonchev–Trinajstić information content (AvgIpc) is 3.21. The number of hydrogen-bond acceptors (Lipinski definition) is 3. The highest BCUT2D eigenvalue weighted by Crippen LogP contribution is 2.39. The van der Waals surface area contributed by atoms with Crippen molar-refractivity contribution in [1.29, 1.82) is 0 Å². The molecule has 0 saturated carbocycles. The molecule has 7 aromatic carbocycles. The standard InChI is InChI=1S/C49H35N3/c1-32-18-22-35(23-19-32)45-31-46(52-49(51-45)38-24-20-33(2)21-25-38)36-28-26-34(27-29-36)39-12-8-13-40(30-39)41-15-9-16-43-47(41)42-14-6-7-17-44(42)50-48(43)37-10-4-3-5-11-37/h3-31H,1-2H3. The van der Waals surface area contributed by atoms with Crippen molar-refractivity contribution < 1.29 is 0 Å². The summed E-state index contributed by atoms with van der Waals surface area (Å²) in [4.78, 5) is 15.2. The molecule has 9 rings (SSSR count). The van der Waals surface area contributed by atoms with Crippen molar-refractivity contribution >= 4 is 21.7 Å². The summed E-state index contributed by atoms with van der Waals surface area (Å²) in [7, 11) is 0. The van der Waals surface area contributed by atoms with Crippen LogP contribution in [0, 0.1) is 13.8 Å². The Morgan fingerprint density at radius 1 is 0.346 bits per heavy atom. The van der Waals surface area contributed by atoms with Crippen LogP contribution < -0.4 is 0 Å². The maximum Gasteiger partial charge on any atom is 0.160 e. The molecule has 2 aromatic heterocycles. The second-order valence-electron chi connectivity index (χ2n) is 13.4. The molecule has 0 radical (unpaired) electrons. The predicted molar refractivity (Wildman–Crippen MR) is 217 cm³/mol. The first-order valence-corrected chi connectivity index (χ1v) is 17.7. The van der Waals surface area contributed by atoms with Gasteiger partial charge in [0.15, 0.2) is 5.82 Å². The van der Waals surface area contributed by atoms with Crippen LogP contribution in [-0.2, 0) is 0 Å². The fraction of sp³-hybridized carbons (Fsp3) is 0.0408. The lowest BCUT2D eigenvalue weighted by atomic mass is 9.91. The normalized spacial score (nSPS) is 11.3. The number of fused-ring (bicyclic) bond motifs is 3. The van der Waals surface area contributed by atoms with E-state index in [0.717, 1.165) is 72.6 Å². The lowest BCUT2D eigenvalue weighted by Crippen LogP contribution is -1.96. The molecular weight excluding hydrogens is 631 g/mol. The number of rotatable bonds is 6. The molecule has 0 amide bonds. The van der Waals surface area contributed by atoms with Crippen LogP contribution in [0.1, 0.15) is 11.1 Å². The van der Waals surface area contributed by atoms with Crippen LogP contribution in [0.4, 0.5) is 0 Å². The molecule has 0 unspecified atom stereocenters. The van der Waals surface area contributed by atoms with Crippen molar-refractivity contribution in [2.45, 2.75) is 13.8 Å². The quantitative estimate of drug-likeness (QED) is 0.166. The van der Waals surface area contributed by atoms with Crippen molar-refractivity contribution in [3.63, 3.8) is 0 Å². The molecule has 0 N–H and O–H groups in total. The molecule has 52 heavy (non-hydrogen) atoms. The van der Waals surface area contributed by atoms with E-state index in [-0.39, 0.29) is 0 Å². The van der Waals surface area contributed by atoms with Crippen molar-refractivity contribution in [1.82, 2.24) is 15.0 Å². The van der Waals surface area contributed by atoms with Crippen LogP contribution in [0.15, 0.2) is 176 Å². The van der Waals surface area contributed by atoms with E-state index in [1.54, 1.807) is 0 Å². The largest absolute Gasteiger partial charge is 0.247 e. The second kappa shape index (κ2) is 13.2. The van der Waals surface area contributed by atoms with Crippen LogP contribution in [0.2, 0.25) is 0 Å². The molecule has 3 heteroatoms. The average molecular weight is 666 g/mol. The third kappa shape index (κ3) is 5.93. The number of hydrogen-bond donors (Lipinski definition) is 0.